The van der Waals surface area contributed by atoms with Crippen LogP contribution in [0.5, 0.6) is 0 Å². The molecule has 5 N–H and O–H groups in total. The maximum Gasteiger partial charge on any atom is 0.330 e. The summed E-state index contributed by atoms with van der Waals surface area (Å²) in [6, 6.07) is -1.68. The van der Waals surface area contributed by atoms with Gasteiger partial charge in [-0.25, -0.2) is 14.6 Å². The zero-order valence-electron chi connectivity index (χ0n) is 10.7. The summed E-state index contributed by atoms with van der Waals surface area (Å²) in [4.78, 5) is 33.2. The summed E-state index contributed by atoms with van der Waals surface area (Å²) in [5.41, 5.74) is 7.55. The molecular weight excluding hydrogens is 252 g/mol. The molecule has 8 nitrogen and oxygen atoms in total. The Bertz CT molecular complexity index is 342. The lowest BCUT2D eigenvalue weighted by Gasteiger charge is -2.27. The molecule has 0 unspecified atom stereocenters. The first-order chi connectivity index (χ1) is 8.99. The monoisotopic (exact) mass is 272 g/mol. The first kappa shape index (κ1) is 15.2. The summed E-state index contributed by atoms with van der Waals surface area (Å²) in [7, 11) is 0. The highest BCUT2D eigenvalue weighted by Crippen LogP contribution is 2.05. The fourth-order valence-corrected chi connectivity index (χ4v) is 1.88. The Morgan fingerprint density at radius 2 is 1.84 bits per heavy atom. The summed E-state index contributed by atoms with van der Waals surface area (Å²) in [6.07, 6.45) is 3.05. The minimum absolute atomic E-state index is 0.0158. The number of hydrogen-bond donors (Lipinski definition) is 4. The van der Waals surface area contributed by atoms with E-state index in [1.165, 1.54) is 0 Å². The van der Waals surface area contributed by atoms with Crippen molar-refractivity contribution in [3.63, 3.8) is 0 Å². The molecule has 1 fully saturated rings. The van der Waals surface area contributed by atoms with Gasteiger partial charge in [-0.1, -0.05) is 6.42 Å². The molecule has 1 rings (SSSR count). The van der Waals surface area contributed by atoms with Crippen molar-refractivity contribution >= 4 is 17.9 Å². The van der Waals surface area contributed by atoms with Gasteiger partial charge in [0.25, 0.3) is 0 Å². The number of hydrazine groups is 1. The first-order valence-corrected chi connectivity index (χ1v) is 6.32. The number of piperidine rings is 1. The van der Waals surface area contributed by atoms with E-state index >= 15 is 0 Å². The van der Waals surface area contributed by atoms with Crippen LogP contribution in [0.15, 0.2) is 0 Å². The fraction of sp³-hybridized carbons (Fsp3) is 0.727. The third kappa shape index (κ3) is 6.05. The number of urea groups is 1. The van der Waals surface area contributed by atoms with Gasteiger partial charge in [0.05, 0.1) is 0 Å². The molecule has 3 amide bonds. The van der Waals surface area contributed by atoms with Crippen molar-refractivity contribution in [2.24, 2.45) is 5.73 Å². The van der Waals surface area contributed by atoms with Crippen LogP contribution in [0.4, 0.5) is 4.79 Å². The molecule has 0 spiro atoms. The molecule has 1 atom stereocenters. The second-order valence-corrected chi connectivity index (χ2v) is 4.53. The third-order valence-corrected chi connectivity index (χ3v) is 2.90. The summed E-state index contributed by atoms with van der Waals surface area (Å²) < 4.78 is 0. The van der Waals surface area contributed by atoms with E-state index in [1.54, 1.807) is 5.01 Å². The molecule has 0 bridgehead atoms. The molecule has 0 radical (unpaired) electrons. The number of carboxylic acid groups (broad SMARTS) is 1. The molecule has 1 heterocycles. The van der Waals surface area contributed by atoms with Crippen LogP contribution in [0, 0.1) is 0 Å². The predicted molar refractivity (Wildman–Crippen MR) is 66.9 cm³/mol. The van der Waals surface area contributed by atoms with Crippen LogP contribution in [-0.4, -0.2) is 47.2 Å². The van der Waals surface area contributed by atoms with Gasteiger partial charge < -0.3 is 16.2 Å². The highest BCUT2D eigenvalue weighted by atomic mass is 16.4. The van der Waals surface area contributed by atoms with Crippen LogP contribution in [0.1, 0.15) is 32.1 Å². The van der Waals surface area contributed by atoms with Gasteiger partial charge in [-0.2, -0.15) is 0 Å². The van der Waals surface area contributed by atoms with Crippen LogP contribution in [0.25, 0.3) is 0 Å². The van der Waals surface area contributed by atoms with Gasteiger partial charge in [-0.05, 0) is 19.3 Å². The highest BCUT2D eigenvalue weighted by molar-refractivity contribution is 5.83. The average Bonchev–Trinajstić information content (AvgIpc) is 2.35. The number of rotatable bonds is 6. The minimum atomic E-state index is -1.19. The fourth-order valence-electron chi connectivity index (χ4n) is 1.88. The SMILES string of the molecule is NC(=O)CC[C@H](NC(=O)NN1CCCCC1)C(=O)O. The zero-order chi connectivity index (χ0) is 14.3. The van der Waals surface area contributed by atoms with Gasteiger partial charge in [-0.3, -0.25) is 10.2 Å². The zero-order valence-corrected chi connectivity index (χ0v) is 10.7. The van der Waals surface area contributed by atoms with Crippen LogP contribution < -0.4 is 16.5 Å². The van der Waals surface area contributed by atoms with E-state index in [2.05, 4.69) is 10.7 Å². The van der Waals surface area contributed by atoms with Crippen molar-refractivity contribution < 1.29 is 19.5 Å². The normalized spacial score (nSPS) is 17.5. The molecule has 8 heteroatoms. The van der Waals surface area contributed by atoms with Gasteiger partial charge in [0.2, 0.25) is 5.91 Å². The van der Waals surface area contributed by atoms with Crippen LogP contribution in [-0.2, 0) is 9.59 Å². The quantitative estimate of drug-likeness (QED) is 0.514. The third-order valence-electron chi connectivity index (χ3n) is 2.90. The lowest BCUT2D eigenvalue weighted by Crippen LogP contribution is -2.53. The highest BCUT2D eigenvalue weighted by Gasteiger charge is 2.21. The number of nitrogens with two attached hydrogens (primary N) is 1. The van der Waals surface area contributed by atoms with E-state index in [9.17, 15) is 14.4 Å². The number of nitrogens with zero attached hydrogens (tertiary/aromatic N) is 1. The molecule has 19 heavy (non-hydrogen) atoms. The van der Waals surface area contributed by atoms with E-state index in [0.717, 1.165) is 32.4 Å². The summed E-state index contributed by atoms with van der Waals surface area (Å²) in [5, 5.41) is 13.0. The number of primary amides is 1. The molecule has 1 aliphatic rings. The Morgan fingerprint density at radius 3 is 2.37 bits per heavy atom. The number of nitrogens with one attached hydrogen (secondary N) is 2. The van der Waals surface area contributed by atoms with Gasteiger partial charge >= 0.3 is 12.0 Å². The van der Waals surface area contributed by atoms with E-state index in [0.29, 0.717) is 0 Å². The molecular formula is C11H20N4O4. The van der Waals surface area contributed by atoms with E-state index < -0.39 is 23.9 Å². The average molecular weight is 272 g/mol. The van der Waals surface area contributed by atoms with Crippen molar-refractivity contribution in [1.29, 1.82) is 0 Å². The molecule has 0 aliphatic carbocycles. The molecule has 0 saturated carbocycles. The van der Waals surface area contributed by atoms with Crippen molar-refractivity contribution in [2.45, 2.75) is 38.1 Å². The van der Waals surface area contributed by atoms with Gasteiger partial charge in [0.1, 0.15) is 6.04 Å². The molecule has 1 saturated heterocycles. The smallest absolute Gasteiger partial charge is 0.330 e. The minimum Gasteiger partial charge on any atom is -0.480 e. The van der Waals surface area contributed by atoms with Crippen molar-refractivity contribution in [3.05, 3.63) is 0 Å². The van der Waals surface area contributed by atoms with Crippen LogP contribution in [0.3, 0.4) is 0 Å². The van der Waals surface area contributed by atoms with Gasteiger partial charge in [0.15, 0.2) is 0 Å². The molecule has 0 aromatic carbocycles. The lowest BCUT2D eigenvalue weighted by molar-refractivity contribution is -0.139. The van der Waals surface area contributed by atoms with Gasteiger partial charge in [-0.15, -0.1) is 0 Å². The van der Waals surface area contributed by atoms with Gasteiger partial charge in [0, 0.05) is 19.5 Å². The second-order valence-electron chi connectivity index (χ2n) is 4.53. The largest absolute Gasteiger partial charge is 0.480 e. The standard InChI is InChI=1S/C11H20N4O4/c12-9(16)5-4-8(10(17)18)13-11(19)14-15-6-2-1-3-7-15/h8H,1-7H2,(H2,12,16)(H,17,18)(H2,13,14,19)/t8-/m0/s1. The van der Waals surface area contributed by atoms with E-state index in [-0.39, 0.29) is 12.8 Å². The van der Waals surface area contributed by atoms with Crippen molar-refractivity contribution in [1.82, 2.24) is 15.8 Å². The number of aliphatic carboxylic acids is 1. The van der Waals surface area contributed by atoms with E-state index in [4.69, 9.17) is 10.8 Å². The first-order valence-electron chi connectivity index (χ1n) is 6.32. The topological polar surface area (TPSA) is 125 Å². The number of carboxylic acids is 1. The Hall–Kier alpha value is -1.83. The molecule has 0 aromatic rings. The Kier molecular flexibility index (Phi) is 6.07. The lowest BCUT2D eigenvalue weighted by atomic mass is 10.1. The molecule has 0 aromatic heterocycles. The van der Waals surface area contributed by atoms with Crippen LogP contribution >= 0.6 is 0 Å². The molecule has 108 valence electrons. The van der Waals surface area contributed by atoms with Crippen molar-refractivity contribution in [2.75, 3.05) is 13.1 Å². The number of hydrogen-bond acceptors (Lipinski definition) is 4. The second kappa shape index (κ2) is 7.57. The summed E-state index contributed by atoms with van der Waals surface area (Å²) in [6.45, 7) is 1.51. The van der Waals surface area contributed by atoms with E-state index in [1.807, 2.05) is 0 Å². The Balaban J connectivity index is 2.37. The predicted octanol–water partition coefficient (Wildman–Crippen LogP) is -0.595. The number of carbonyl (C=O) groups is 3. The summed E-state index contributed by atoms with van der Waals surface area (Å²) >= 11 is 0. The van der Waals surface area contributed by atoms with Crippen LogP contribution in [0.2, 0.25) is 0 Å². The number of carbonyl (C=O) groups excluding carboxylic acids is 2. The maximum atomic E-state index is 11.6. The molecule has 1 aliphatic heterocycles. The number of amides is 3. The maximum absolute atomic E-state index is 11.6. The Labute approximate surface area is 111 Å². The van der Waals surface area contributed by atoms with Crippen molar-refractivity contribution in [3.8, 4) is 0 Å². The Morgan fingerprint density at radius 1 is 1.21 bits per heavy atom. The summed E-state index contributed by atoms with van der Waals surface area (Å²) in [5.74, 6) is -1.78.